The monoisotopic (exact) mass is 349 g/mol. The number of aromatic nitrogens is 2. The Morgan fingerprint density at radius 1 is 1.12 bits per heavy atom. The lowest BCUT2D eigenvalue weighted by atomic mass is 10.2. The Hall–Kier alpha value is -3.28. The molecule has 0 spiro atoms. The van der Waals surface area contributed by atoms with E-state index in [0.29, 0.717) is 18.9 Å². The van der Waals surface area contributed by atoms with Crippen LogP contribution in [-0.2, 0) is 11.3 Å². The highest BCUT2D eigenvalue weighted by Gasteiger charge is 2.21. The average Bonchev–Trinajstić information content (AvgIpc) is 3.15. The van der Waals surface area contributed by atoms with E-state index in [1.807, 2.05) is 59.2 Å². The first-order chi connectivity index (χ1) is 12.8. The van der Waals surface area contributed by atoms with Gasteiger partial charge < -0.3 is 19.4 Å². The van der Waals surface area contributed by atoms with Crippen LogP contribution in [-0.4, -0.2) is 34.7 Å². The third kappa shape index (κ3) is 3.54. The van der Waals surface area contributed by atoms with Crippen LogP contribution in [0, 0.1) is 0 Å². The molecule has 2 heterocycles. The third-order valence-electron chi connectivity index (χ3n) is 4.16. The zero-order chi connectivity index (χ0) is 17.8. The van der Waals surface area contributed by atoms with E-state index in [2.05, 4.69) is 10.3 Å². The summed E-state index contributed by atoms with van der Waals surface area (Å²) in [6, 6.07) is 17.3. The SMILES string of the molecule is O=C(Cn1ccnc1-c1ccccc1)NC[C@H]1COc2ccccc2O1. The van der Waals surface area contributed by atoms with E-state index in [4.69, 9.17) is 9.47 Å². The molecule has 26 heavy (non-hydrogen) atoms. The Morgan fingerprint density at radius 2 is 1.88 bits per heavy atom. The van der Waals surface area contributed by atoms with Crippen LogP contribution >= 0.6 is 0 Å². The maximum atomic E-state index is 12.3. The Kier molecular flexibility index (Phi) is 4.55. The van der Waals surface area contributed by atoms with Gasteiger partial charge in [0.15, 0.2) is 11.5 Å². The number of fused-ring (bicyclic) bond motifs is 1. The second-order valence-electron chi connectivity index (χ2n) is 6.05. The molecule has 0 saturated heterocycles. The molecule has 0 bridgehead atoms. The van der Waals surface area contributed by atoms with E-state index < -0.39 is 0 Å². The van der Waals surface area contributed by atoms with Crippen LogP contribution in [0.15, 0.2) is 67.0 Å². The fraction of sp³-hybridized carbons (Fsp3) is 0.200. The normalized spacial score (nSPS) is 15.5. The summed E-state index contributed by atoms with van der Waals surface area (Å²) in [6.45, 7) is 1.01. The number of nitrogens with zero attached hydrogens (tertiary/aromatic N) is 2. The second kappa shape index (κ2) is 7.31. The zero-order valence-corrected chi connectivity index (χ0v) is 14.2. The largest absolute Gasteiger partial charge is 0.486 e. The number of hydrogen-bond acceptors (Lipinski definition) is 4. The zero-order valence-electron chi connectivity index (χ0n) is 14.2. The maximum Gasteiger partial charge on any atom is 0.240 e. The van der Waals surface area contributed by atoms with Crippen LogP contribution in [0.5, 0.6) is 11.5 Å². The molecule has 1 aliphatic heterocycles. The molecule has 0 radical (unpaired) electrons. The topological polar surface area (TPSA) is 65.4 Å². The van der Waals surface area contributed by atoms with Gasteiger partial charge in [0.2, 0.25) is 5.91 Å². The number of hydrogen-bond donors (Lipinski definition) is 1. The van der Waals surface area contributed by atoms with Crippen LogP contribution in [0.25, 0.3) is 11.4 Å². The molecule has 0 fully saturated rings. The summed E-state index contributed by atoms with van der Waals surface area (Å²) in [5.41, 5.74) is 0.978. The number of amides is 1. The minimum Gasteiger partial charge on any atom is -0.486 e. The van der Waals surface area contributed by atoms with E-state index in [-0.39, 0.29) is 18.6 Å². The smallest absolute Gasteiger partial charge is 0.240 e. The van der Waals surface area contributed by atoms with Crippen molar-refractivity contribution in [3.8, 4) is 22.9 Å². The number of rotatable bonds is 5. The molecule has 6 nitrogen and oxygen atoms in total. The van der Waals surface area contributed by atoms with Crippen molar-refractivity contribution in [1.82, 2.24) is 14.9 Å². The Morgan fingerprint density at radius 3 is 2.73 bits per heavy atom. The van der Waals surface area contributed by atoms with Crippen molar-refractivity contribution in [2.24, 2.45) is 0 Å². The Bertz CT molecular complexity index is 892. The van der Waals surface area contributed by atoms with Crippen LogP contribution < -0.4 is 14.8 Å². The van der Waals surface area contributed by atoms with E-state index >= 15 is 0 Å². The molecule has 0 unspecified atom stereocenters. The van der Waals surface area contributed by atoms with Gasteiger partial charge in [-0.2, -0.15) is 0 Å². The standard InChI is InChI=1S/C20H19N3O3/c24-19(13-23-11-10-21-20(23)15-6-2-1-3-7-15)22-12-16-14-25-17-8-4-5-9-18(17)26-16/h1-11,16H,12-14H2,(H,22,24)/t16-/m0/s1. The quantitative estimate of drug-likeness (QED) is 0.769. The molecule has 0 saturated carbocycles. The molecule has 1 aromatic heterocycles. The molecule has 2 aromatic carbocycles. The number of benzene rings is 2. The van der Waals surface area contributed by atoms with E-state index in [0.717, 1.165) is 17.1 Å². The van der Waals surface area contributed by atoms with Gasteiger partial charge in [0.05, 0.1) is 6.54 Å². The highest BCUT2D eigenvalue weighted by molar-refractivity contribution is 5.76. The van der Waals surface area contributed by atoms with Crippen molar-refractivity contribution in [3.63, 3.8) is 0 Å². The molecule has 0 aliphatic carbocycles. The van der Waals surface area contributed by atoms with Crippen molar-refractivity contribution in [2.45, 2.75) is 12.6 Å². The van der Waals surface area contributed by atoms with Gasteiger partial charge in [-0.25, -0.2) is 4.98 Å². The van der Waals surface area contributed by atoms with Crippen molar-refractivity contribution in [2.75, 3.05) is 13.2 Å². The first-order valence-electron chi connectivity index (χ1n) is 8.51. The summed E-state index contributed by atoms with van der Waals surface area (Å²) >= 11 is 0. The van der Waals surface area contributed by atoms with Gasteiger partial charge in [-0.15, -0.1) is 0 Å². The molecule has 1 amide bonds. The maximum absolute atomic E-state index is 12.3. The lowest BCUT2D eigenvalue weighted by Crippen LogP contribution is -2.41. The van der Waals surface area contributed by atoms with Crippen LogP contribution in [0.3, 0.4) is 0 Å². The van der Waals surface area contributed by atoms with Gasteiger partial charge in [0.25, 0.3) is 0 Å². The van der Waals surface area contributed by atoms with Gasteiger partial charge in [0, 0.05) is 18.0 Å². The molecule has 1 aliphatic rings. The molecule has 1 N–H and O–H groups in total. The third-order valence-corrected chi connectivity index (χ3v) is 4.16. The Balaban J connectivity index is 1.34. The number of carbonyl (C=O) groups excluding carboxylic acids is 1. The molecule has 6 heteroatoms. The average molecular weight is 349 g/mol. The number of para-hydroxylation sites is 2. The minimum absolute atomic E-state index is 0.0948. The summed E-state index contributed by atoms with van der Waals surface area (Å²) in [7, 11) is 0. The minimum atomic E-state index is -0.203. The van der Waals surface area contributed by atoms with Gasteiger partial charge in [-0.05, 0) is 12.1 Å². The highest BCUT2D eigenvalue weighted by atomic mass is 16.6. The fourth-order valence-electron chi connectivity index (χ4n) is 2.89. The number of imidazole rings is 1. The molecule has 3 aromatic rings. The molecular weight excluding hydrogens is 330 g/mol. The summed E-state index contributed by atoms with van der Waals surface area (Å²) in [5, 5.41) is 2.91. The first kappa shape index (κ1) is 16.2. The summed E-state index contributed by atoms with van der Waals surface area (Å²) in [4.78, 5) is 16.7. The second-order valence-corrected chi connectivity index (χ2v) is 6.05. The van der Waals surface area contributed by atoms with Gasteiger partial charge in [-0.3, -0.25) is 4.79 Å². The number of nitrogens with one attached hydrogen (secondary N) is 1. The first-order valence-corrected chi connectivity index (χ1v) is 8.51. The van der Waals surface area contributed by atoms with Crippen LogP contribution in [0.2, 0.25) is 0 Å². The Labute approximate surface area is 151 Å². The number of ether oxygens (including phenoxy) is 2. The number of carbonyl (C=O) groups is 1. The highest BCUT2D eigenvalue weighted by Crippen LogP contribution is 2.30. The fourth-order valence-corrected chi connectivity index (χ4v) is 2.89. The molecule has 1 atom stereocenters. The van der Waals surface area contributed by atoms with Gasteiger partial charge in [-0.1, -0.05) is 42.5 Å². The van der Waals surface area contributed by atoms with Crippen molar-refractivity contribution in [3.05, 3.63) is 67.0 Å². The van der Waals surface area contributed by atoms with Crippen LogP contribution in [0.1, 0.15) is 0 Å². The summed E-state index contributed by atoms with van der Waals surface area (Å²) < 4.78 is 13.3. The van der Waals surface area contributed by atoms with E-state index in [1.54, 1.807) is 12.4 Å². The van der Waals surface area contributed by atoms with E-state index in [9.17, 15) is 4.79 Å². The summed E-state index contributed by atoms with van der Waals surface area (Å²) in [6.07, 6.45) is 3.30. The molecule has 4 rings (SSSR count). The van der Waals surface area contributed by atoms with Crippen LogP contribution in [0.4, 0.5) is 0 Å². The predicted molar refractivity (Wildman–Crippen MR) is 97.0 cm³/mol. The van der Waals surface area contributed by atoms with Gasteiger partial charge >= 0.3 is 0 Å². The van der Waals surface area contributed by atoms with Gasteiger partial charge in [0.1, 0.15) is 25.1 Å². The van der Waals surface area contributed by atoms with E-state index in [1.165, 1.54) is 0 Å². The molecule has 132 valence electrons. The predicted octanol–water partition coefficient (Wildman–Crippen LogP) is 2.51. The molecular formula is C20H19N3O3. The lowest BCUT2D eigenvalue weighted by Gasteiger charge is -2.26. The van der Waals surface area contributed by atoms with Crippen molar-refractivity contribution in [1.29, 1.82) is 0 Å². The lowest BCUT2D eigenvalue weighted by molar-refractivity contribution is -0.122. The van der Waals surface area contributed by atoms with Crippen molar-refractivity contribution < 1.29 is 14.3 Å². The van der Waals surface area contributed by atoms with Crippen molar-refractivity contribution >= 4 is 5.91 Å². The summed E-state index contributed by atoms with van der Waals surface area (Å²) in [5.74, 6) is 2.12.